The molecule has 0 aliphatic rings. The molecule has 0 N–H and O–H groups in total. The van der Waals surface area contributed by atoms with Crippen LogP contribution in [-0.2, 0) is 48.2 Å². The number of rotatable bonds is 10. The molecule has 14 heteroatoms. The number of carbonyl (C=O) groups is 2. The average molecular weight is 523 g/mol. The number of methoxy groups -OCH3 is 2. The quantitative estimate of drug-likeness (QED) is 0.222. The van der Waals surface area contributed by atoms with Crippen LogP contribution < -0.4 is 0 Å². The summed E-state index contributed by atoms with van der Waals surface area (Å²) in [6, 6.07) is 0. The van der Waals surface area contributed by atoms with Gasteiger partial charge in [0.2, 0.25) is 6.41 Å². The first kappa shape index (κ1) is 38.5. The van der Waals surface area contributed by atoms with E-state index in [2.05, 4.69) is 9.47 Å². The second-order valence-electron chi connectivity index (χ2n) is 6.57. The van der Waals surface area contributed by atoms with Crippen LogP contribution in [0.3, 0.4) is 0 Å². The van der Waals surface area contributed by atoms with Crippen molar-refractivity contribution in [2.45, 2.75) is 27.7 Å². The SMILES string of the molecule is C.CCOC(=O)/C(=C\N(C)C)S(C)(=O)=O.CCOC(=O)CS(C)(=O)=O.COC(OC)N(C)C. The van der Waals surface area contributed by atoms with E-state index < -0.39 is 37.4 Å². The molecule has 0 aliphatic carbocycles. The van der Waals surface area contributed by atoms with Crippen LogP contribution in [0, 0.1) is 0 Å². The van der Waals surface area contributed by atoms with Crippen molar-refractivity contribution in [1.29, 1.82) is 0 Å². The first-order chi connectivity index (χ1) is 14.5. The number of esters is 2. The van der Waals surface area contributed by atoms with Crippen LogP contribution in [0.1, 0.15) is 21.3 Å². The molecule has 0 atom stereocenters. The van der Waals surface area contributed by atoms with Gasteiger partial charge < -0.3 is 23.8 Å². The Morgan fingerprint density at radius 2 is 1.30 bits per heavy atom. The lowest BCUT2D eigenvalue weighted by molar-refractivity contribution is -0.179. The maximum Gasteiger partial charge on any atom is 0.351 e. The molecule has 0 unspecified atom stereocenters. The Bertz CT molecular complexity index is 772. The zero-order chi connectivity index (χ0) is 26.1. The molecule has 0 heterocycles. The Morgan fingerprint density at radius 3 is 1.52 bits per heavy atom. The number of carbonyl (C=O) groups excluding carboxylic acids is 2. The molecule has 0 fully saturated rings. The summed E-state index contributed by atoms with van der Waals surface area (Å²) < 4.78 is 62.0. The second-order valence-corrected chi connectivity index (χ2v) is 10.7. The highest BCUT2D eigenvalue weighted by Gasteiger charge is 2.21. The summed E-state index contributed by atoms with van der Waals surface area (Å²) in [7, 11) is 3.49. The van der Waals surface area contributed by atoms with E-state index in [4.69, 9.17) is 9.47 Å². The summed E-state index contributed by atoms with van der Waals surface area (Å²) in [6.07, 6.45) is 2.98. The molecule has 0 saturated heterocycles. The van der Waals surface area contributed by atoms with Gasteiger partial charge >= 0.3 is 11.9 Å². The van der Waals surface area contributed by atoms with Gasteiger partial charge in [-0.15, -0.1) is 0 Å². The molecular formula is C19H42N2O10S2. The third kappa shape index (κ3) is 24.7. The summed E-state index contributed by atoms with van der Waals surface area (Å²) in [4.78, 5) is 24.7. The van der Waals surface area contributed by atoms with Gasteiger partial charge in [0, 0.05) is 47.0 Å². The molecule has 0 aliphatic heterocycles. The van der Waals surface area contributed by atoms with Gasteiger partial charge in [0.15, 0.2) is 24.6 Å². The van der Waals surface area contributed by atoms with Gasteiger partial charge in [0.05, 0.1) is 13.2 Å². The first-order valence-corrected chi connectivity index (χ1v) is 13.2. The number of hydrogen-bond acceptors (Lipinski definition) is 12. The number of ether oxygens (including phenoxy) is 4. The van der Waals surface area contributed by atoms with Gasteiger partial charge in [0.1, 0.15) is 5.75 Å². The molecule has 0 aromatic rings. The Labute approximate surface area is 199 Å². The first-order valence-electron chi connectivity index (χ1n) is 9.27. The number of sulfone groups is 2. The molecule has 33 heavy (non-hydrogen) atoms. The van der Waals surface area contributed by atoms with E-state index in [1.54, 1.807) is 42.2 Å². The van der Waals surface area contributed by atoms with E-state index in [1.165, 1.54) is 11.1 Å². The topological polar surface area (TPSA) is 146 Å². The molecule has 0 spiro atoms. The van der Waals surface area contributed by atoms with Gasteiger partial charge in [-0.2, -0.15) is 0 Å². The summed E-state index contributed by atoms with van der Waals surface area (Å²) in [6.45, 7) is 3.61. The van der Waals surface area contributed by atoms with Crippen LogP contribution in [-0.4, -0.2) is 119 Å². The van der Waals surface area contributed by atoms with E-state index in [9.17, 15) is 26.4 Å². The third-order valence-corrected chi connectivity index (χ3v) is 4.59. The fourth-order valence-corrected chi connectivity index (χ4v) is 2.95. The molecule has 0 saturated carbocycles. The van der Waals surface area contributed by atoms with Crippen LogP contribution in [0.2, 0.25) is 0 Å². The Kier molecular flexibility index (Phi) is 23.0. The Morgan fingerprint density at radius 1 is 0.879 bits per heavy atom. The molecular weight excluding hydrogens is 480 g/mol. The summed E-state index contributed by atoms with van der Waals surface area (Å²) >= 11 is 0. The highest BCUT2D eigenvalue weighted by atomic mass is 32.2. The fourth-order valence-electron chi connectivity index (χ4n) is 1.67. The van der Waals surface area contributed by atoms with Crippen LogP contribution in [0.25, 0.3) is 0 Å². The minimum atomic E-state index is -3.54. The molecule has 200 valence electrons. The van der Waals surface area contributed by atoms with E-state index in [0.29, 0.717) is 0 Å². The van der Waals surface area contributed by atoms with Crippen molar-refractivity contribution >= 4 is 31.6 Å². The molecule has 0 amide bonds. The molecule has 0 radical (unpaired) electrons. The highest BCUT2D eigenvalue weighted by Crippen LogP contribution is 2.07. The summed E-state index contributed by atoms with van der Waals surface area (Å²) in [5.74, 6) is -2.03. The second kappa shape index (κ2) is 19.7. The largest absolute Gasteiger partial charge is 0.465 e. The normalized spacial score (nSPS) is 11.3. The Balaban J connectivity index is -0.000000197. The van der Waals surface area contributed by atoms with Crippen molar-refractivity contribution in [3.63, 3.8) is 0 Å². The van der Waals surface area contributed by atoms with Crippen molar-refractivity contribution in [3.05, 3.63) is 11.1 Å². The average Bonchev–Trinajstić information content (AvgIpc) is 2.59. The van der Waals surface area contributed by atoms with E-state index in [-0.39, 0.29) is 32.0 Å². The number of hydrogen-bond donors (Lipinski definition) is 0. The van der Waals surface area contributed by atoms with Gasteiger partial charge in [-0.25, -0.2) is 21.6 Å². The van der Waals surface area contributed by atoms with Crippen molar-refractivity contribution in [2.75, 3.05) is 73.9 Å². The maximum absolute atomic E-state index is 11.2. The van der Waals surface area contributed by atoms with Gasteiger partial charge in [-0.3, -0.25) is 9.69 Å². The molecule has 0 aromatic carbocycles. The zero-order valence-corrected chi connectivity index (χ0v) is 22.2. The maximum atomic E-state index is 11.2. The molecule has 0 rings (SSSR count). The van der Waals surface area contributed by atoms with Crippen LogP contribution in [0.15, 0.2) is 11.1 Å². The molecule has 0 bridgehead atoms. The summed E-state index contributed by atoms with van der Waals surface area (Å²) in [5.41, 5.74) is 0. The standard InChI is InChI=1S/C8H15NO4S.C5H13NO2.C5H10O4S.CH4/c1-5-13-8(10)7(6-9(2)3)14(4,11)12;1-6(2)5(7-3)8-4;1-3-9-5(6)4-10(2,7)8;/h6H,5H2,1-4H3;5H,1-4H3;3-4H2,1-2H3;1H4/b7-6+;;;. The van der Waals surface area contributed by atoms with E-state index in [1.807, 2.05) is 19.0 Å². The molecule has 12 nitrogen and oxygen atoms in total. The van der Waals surface area contributed by atoms with Crippen molar-refractivity contribution < 1.29 is 45.4 Å². The van der Waals surface area contributed by atoms with Crippen molar-refractivity contribution in [1.82, 2.24) is 9.80 Å². The minimum Gasteiger partial charge on any atom is -0.465 e. The lowest BCUT2D eigenvalue weighted by Gasteiger charge is -2.19. The lowest BCUT2D eigenvalue weighted by Crippen LogP contribution is -2.30. The van der Waals surface area contributed by atoms with E-state index >= 15 is 0 Å². The van der Waals surface area contributed by atoms with Gasteiger partial charge in [-0.1, -0.05) is 7.43 Å². The summed E-state index contributed by atoms with van der Waals surface area (Å²) in [5, 5.41) is 0. The van der Waals surface area contributed by atoms with E-state index in [0.717, 1.165) is 12.5 Å². The molecule has 0 aromatic heterocycles. The smallest absolute Gasteiger partial charge is 0.351 e. The monoisotopic (exact) mass is 522 g/mol. The Hall–Kier alpha value is -1.74. The van der Waals surface area contributed by atoms with Gasteiger partial charge in [-0.05, 0) is 27.9 Å². The minimum absolute atomic E-state index is 0. The van der Waals surface area contributed by atoms with Crippen LogP contribution in [0.4, 0.5) is 0 Å². The van der Waals surface area contributed by atoms with Crippen molar-refractivity contribution in [3.8, 4) is 0 Å². The predicted molar refractivity (Wildman–Crippen MR) is 128 cm³/mol. The predicted octanol–water partition coefficient (Wildman–Crippen LogP) is 0.352. The number of nitrogens with zero attached hydrogens (tertiary/aromatic N) is 2. The third-order valence-electron chi connectivity index (χ3n) is 2.76. The van der Waals surface area contributed by atoms with Crippen LogP contribution >= 0.6 is 0 Å². The van der Waals surface area contributed by atoms with Gasteiger partial charge in [0.25, 0.3) is 0 Å². The van der Waals surface area contributed by atoms with Crippen molar-refractivity contribution in [2.24, 2.45) is 0 Å². The highest BCUT2D eigenvalue weighted by molar-refractivity contribution is 7.95. The lowest BCUT2D eigenvalue weighted by atomic mass is 10.6. The zero-order valence-electron chi connectivity index (χ0n) is 20.6. The van der Waals surface area contributed by atoms with Crippen LogP contribution in [0.5, 0.6) is 0 Å². The fraction of sp³-hybridized carbons (Fsp3) is 0.789.